The Bertz CT molecular complexity index is 376. The van der Waals surface area contributed by atoms with Gasteiger partial charge in [0.25, 0.3) is 0 Å². The molecule has 0 aromatic heterocycles. The summed E-state index contributed by atoms with van der Waals surface area (Å²) in [5.41, 5.74) is -0.457. The molecule has 0 spiro atoms. The second-order valence-electron chi connectivity index (χ2n) is 7.85. The van der Waals surface area contributed by atoms with Gasteiger partial charge in [0.2, 0.25) is 0 Å². The highest BCUT2D eigenvalue weighted by Gasteiger charge is 2.27. The molecule has 1 unspecified atom stereocenters. The van der Waals surface area contributed by atoms with Crippen molar-refractivity contribution in [3.63, 3.8) is 0 Å². The minimum Gasteiger partial charge on any atom is -0.444 e. The van der Waals surface area contributed by atoms with Gasteiger partial charge in [-0.25, -0.2) is 4.79 Å². The van der Waals surface area contributed by atoms with Gasteiger partial charge in [-0.3, -0.25) is 0 Å². The fraction of sp³-hybridized carbons (Fsp3) is 0.941. The highest BCUT2D eigenvalue weighted by molar-refractivity contribution is 5.68. The van der Waals surface area contributed by atoms with Gasteiger partial charge < -0.3 is 24.6 Å². The summed E-state index contributed by atoms with van der Waals surface area (Å²) in [6.07, 6.45) is 2.24. The van der Waals surface area contributed by atoms with Gasteiger partial charge in [0.15, 0.2) is 0 Å². The monoisotopic (exact) mass is 327 g/mol. The Kier molecular flexibility index (Phi) is 6.68. The molecule has 0 radical (unpaired) electrons. The van der Waals surface area contributed by atoms with Gasteiger partial charge in [0, 0.05) is 19.1 Å². The first-order valence-corrected chi connectivity index (χ1v) is 8.81. The molecular weight excluding hydrogens is 294 g/mol. The Labute approximate surface area is 140 Å². The first-order valence-electron chi connectivity index (χ1n) is 8.81. The molecule has 6 heteroatoms. The van der Waals surface area contributed by atoms with E-state index in [1.165, 1.54) is 25.9 Å². The lowest BCUT2D eigenvalue weighted by Gasteiger charge is -2.31. The normalized spacial score (nSPS) is 25.2. The van der Waals surface area contributed by atoms with Crippen LogP contribution < -0.4 is 5.32 Å². The van der Waals surface area contributed by atoms with E-state index >= 15 is 0 Å². The first kappa shape index (κ1) is 18.5. The molecule has 2 aliphatic heterocycles. The number of amides is 1. The van der Waals surface area contributed by atoms with Crippen molar-refractivity contribution in [2.45, 2.75) is 45.3 Å². The summed E-state index contributed by atoms with van der Waals surface area (Å²) in [5.74, 6) is 0.726. The molecular formula is C17H33N3O3. The van der Waals surface area contributed by atoms with Crippen LogP contribution in [0.1, 0.15) is 33.6 Å². The summed E-state index contributed by atoms with van der Waals surface area (Å²) in [5, 5.41) is 3.60. The van der Waals surface area contributed by atoms with Crippen molar-refractivity contribution >= 4 is 6.09 Å². The number of hydrogen-bond donors (Lipinski definition) is 1. The minimum atomic E-state index is -0.457. The molecule has 1 amide bonds. The Morgan fingerprint density at radius 1 is 1.26 bits per heavy atom. The van der Waals surface area contributed by atoms with Crippen LogP contribution in [0, 0.1) is 5.92 Å². The molecule has 2 rings (SSSR count). The van der Waals surface area contributed by atoms with Crippen LogP contribution in [0.25, 0.3) is 0 Å². The number of hydrogen-bond acceptors (Lipinski definition) is 5. The van der Waals surface area contributed by atoms with E-state index in [4.69, 9.17) is 9.47 Å². The number of nitrogens with one attached hydrogen (secondary N) is 1. The Hall–Kier alpha value is -0.850. The van der Waals surface area contributed by atoms with Gasteiger partial charge in [-0.1, -0.05) is 0 Å². The fourth-order valence-electron chi connectivity index (χ4n) is 3.03. The van der Waals surface area contributed by atoms with Gasteiger partial charge in [-0.2, -0.15) is 0 Å². The van der Waals surface area contributed by atoms with Gasteiger partial charge in [-0.05, 0) is 66.2 Å². The van der Waals surface area contributed by atoms with E-state index in [1.54, 1.807) is 4.90 Å². The molecule has 1 N–H and O–H groups in total. The maximum absolute atomic E-state index is 12.3. The SMILES string of the molecule is CN1CCC(CNC2COCCN(C(=O)OC(C)(C)C)C2)CC1. The predicted octanol–water partition coefficient (Wildman–Crippen LogP) is 1.55. The molecule has 1 atom stereocenters. The van der Waals surface area contributed by atoms with E-state index in [-0.39, 0.29) is 12.1 Å². The van der Waals surface area contributed by atoms with Crippen molar-refractivity contribution in [1.82, 2.24) is 15.1 Å². The predicted molar refractivity (Wildman–Crippen MR) is 90.6 cm³/mol. The molecule has 0 aliphatic carbocycles. The van der Waals surface area contributed by atoms with Crippen molar-refractivity contribution in [2.75, 3.05) is 53.0 Å². The van der Waals surface area contributed by atoms with E-state index in [1.807, 2.05) is 20.8 Å². The molecule has 6 nitrogen and oxygen atoms in total. The van der Waals surface area contributed by atoms with E-state index in [0.29, 0.717) is 26.3 Å². The van der Waals surface area contributed by atoms with Crippen LogP contribution in [0.3, 0.4) is 0 Å². The highest BCUT2D eigenvalue weighted by Crippen LogP contribution is 2.16. The average molecular weight is 327 g/mol. The molecule has 23 heavy (non-hydrogen) atoms. The van der Waals surface area contributed by atoms with Crippen LogP contribution in [-0.4, -0.2) is 80.5 Å². The maximum atomic E-state index is 12.3. The van der Waals surface area contributed by atoms with Crippen molar-refractivity contribution in [3.05, 3.63) is 0 Å². The third-order valence-electron chi connectivity index (χ3n) is 4.45. The topological polar surface area (TPSA) is 54.0 Å². The minimum absolute atomic E-state index is 0.185. The van der Waals surface area contributed by atoms with E-state index in [9.17, 15) is 4.79 Å². The van der Waals surface area contributed by atoms with Crippen LogP contribution in [0.4, 0.5) is 4.79 Å². The van der Waals surface area contributed by atoms with Crippen LogP contribution in [0.5, 0.6) is 0 Å². The van der Waals surface area contributed by atoms with Crippen LogP contribution in [-0.2, 0) is 9.47 Å². The van der Waals surface area contributed by atoms with Gasteiger partial charge in [-0.15, -0.1) is 0 Å². The summed E-state index contributed by atoms with van der Waals surface area (Å²) < 4.78 is 11.1. The van der Waals surface area contributed by atoms with Crippen molar-refractivity contribution in [3.8, 4) is 0 Å². The number of ether oxygens (including phenoxy) is 2. The zero-order valence-electron chi connectivity index (χ0n) is 15.1. The number of carbonyl (C=O) groups is 1. The van der Waals surface area contributed by atoms with Crippen molar-refractivity contribution in [1.29, 1.82) is 0 Å². The third-order valence-corrected chi connectivity index (χ3v) is 4.45. The standard InChI is InChI=1S/C17H33N3O3/c1-17(2,3)23-16(21)20-9-10-22-13-15(12-20)18-11-14-5-7-19(4)8-6-14/h14-15,18H,5-13H2,1-4H3. The smallest absolute Gasteiger partial charge is 0.410 e. The van der Waals surface area contributed by atoms with E-state index in [2.05, 4.69) is 17.3 Å². The van der Waals surface area contributed by atoms with Crippen LogP contribution in [0.2, 0.25) is 0 Å². The summed E-state index contributed by atoms with van der Waals surface area (Å²) in [6.45, 7) is 11.5. The Morgan fingerprint density at radius 2 is 1.96 bits per heavy atom. The third kappa shape index (κ3) is 6.65. The quantitative estimate of drug-likeness (QED) is 0.852. The van der Waals surface area contributed by atoms with Crippen LogP contribution in [0.15, 0.2) is 0 Å². The Balaban J connectivity index is 1.78. The molecule has 0 aromatic rings. The summed E-state index contributed by atoms with van der Waals surface area (Å²) >= 11 is 0. The largest absolute Gasteiger partial charge is 0.444 e. The van der Waals surface area contributed by atoms with E-state index in [0.717, 1.165) is 12.5 Å². The molecule has 134 valence electrons. The molecule has 2 aliphatic rings. The molecule has 2 fully saturated rings. The van der Waals surface area contributed by atoms with Crippen LogP contribution >= 0.6 is 0 Å². The average Bonchev–Trinajstić information content (AvgIpc) is 2.70. The number of carbonyl (C=O) groups excluding carboxylic acids is 1. The summed E-state index contributed by atoms with van der Waals surface area (Å²) in [7, 11) is 2.18. The molecule has 0 saturated carbocycles. The summed E-state index contributed by atoms with van der Waals surface area (Å²) in [4.78, 5) is 16.4. The molecule has 2 saturated heterocycles. The van der Waals surface area contributed by atoms with Gasteiger partial charge >= 0.3 is 6.09 Å². The molecule has 0 aromatic carbocycles. The van der Waals surface area contributed by atoms with Gasteiger partial charge in [0.05, 0.1) is 13.2 Å². The van der Waals surface area contributed by atoms with Crippen molar-refractivity contribution in [2.24, 2.45) is 5.92 Å². The molecule has 2 heterocycles. The fourth-order valence-corrected chi connectivity index (χ4v) is 3.03. The van der Waals surface area contributed by atoms with Gasteiger partial charge in [0.1, 0.15) is 5.60 Å². The second-order valence-corrected chi connectivity index (χ2v) is 7.85. The lowest BCUT2D eigenvalue weighted by atomic mass is 9.97. The Morgan fingerprint density at radius 3 is 2.61 bits per heavy atom. The maximum Gasteiger partial charge on any atom is 0.410 e. The number of likely N-dealkylation sites (tertiary alicyclic amines) is 1. The zero-order valence-corrected chi connectivity index (χ0v) is 15.1. The second kappa shape index (κ2) is 8.31. The highest BCUT2D eigenvalue weighted by atomic mass is 16.6. The lowest BCUT2D eigenvalue weighted by Crippen LogP contribution is -2.47. The number of piperidine rings is 1. The van der Waals surface area contributed by atoms with E-state index < -0.39 is 5.60 Å². The first-order chi connectivity index (χ1) is 10.8. The zero-order chi connectivity index (χ0) is 16.9. The number of nitrogens with zero attached hydrogens (tertiary/aromatic N) is 2. The van der Waals surface area contributed by atoms with Crippen molar-refractivity contribution < 1.29 is 14.3 Å². The molecule has 0 bridgehead atoms. The number of rotatable bonds is 3. The lowest BCUT2D eigenvalue weighted by molar-refractivity contribution is 0.0238. The summed E-state index contributed by atoms with van der Waals surface area (Å²) in [6, 6.07) is 0.185.